The number of rotatable bonds is 4. The molecule has 7 nitrogen and oxygen atoms in total. The normalized spacial score (nSPS) is 22.5. The Balaban J connectivity index is 1.43. The van der Waals surface area contributed by atoms with Crippen LogP contribution >= 0.6 is 0 Å². The summed E-state index contributed by atoms with van der Waals surface area (Å²) in [6, 6.07) is 2.26. The van der Waals surface area contributed by atoms with Crippen molar-refractivity contribution in [3.63, 3.8) is 0 Å². The highest BCUT2D eigenvalue weighted by molar-refractivity contribution is 5.75. The monoisotopic (exact) mass is 320 g/mol. The fraction of sp³-hybridized carbons (Fsp3) is 0.688. The van der Waals surface area contributed by atoms with Crippen LogP contribution in [0, 0.1) is 5.92 Å². The summed E-state index contributed by atoms with van der Waals surface area (Å²) in [6.45, 7) is 2.77. The summed E-state index contributed by atoms with van der Waals surface area (Å²) in [7, 11) is 3.56. The van der Waals surface area contributed by atoms with Gasteiger partial charge in [-0.15, -0.1) is 0 Å². The molecule has 3 rings (SSSR count). The molecule has 0 aliphatic carbocycles. The van der Waals surface area contributed by atoms with Gasteiger partial charge in [0.15, 0.2) is 0 Å². The van der Waals surface area contributed by atoms with Gasteiger partial charge < -0.3 is 19.3 Å². The zero-order valence-corrected chi connectivity index (χ0v) is 13.8. The third kappa shape index (κ3) is 3.72. The molecule has 1 aromatic rings. The van der Waals surface area contributed by atoms with Gasteiger partial charge in [0, 0.05) is 33.1 Å². The van der Waals surface area contributed by atoms with Gasteiger partial charge in [0.2, 0.25) is 0 Å². The Labute approximate surface area is 136 Å². The van der Waals surface area contributed by atoms with E-state index >= 15 is 0 Å². The van der Waals surface area contributed by atoms with Crippen LogP contribution in [0.1, 0.15) is 19.3 Å². The molecule has 2 aliphatic rings. The van der Waals surface area contributed by atoms with E-state index in [9.17, 15) is 4.79 Å². The Hall–Kier alpha value is -1.89. The minimum absolute atomic E-state index is 0.0610. The summed E-state index contributed by atoms with van der Waals surface area (Å²) in [5.41, 5.74) is -0.141. The van der Waals surface area contributed by atoms with Crippen LogP contribution in [0.3, 0.4) is 0 Å². The zero-order valence-electron chi connectivity index (χ0n) is 13.8. The van der Waals surface area contributed by atoms with Crippen molar-refractivity contribution in [1.82, 2.24) is 19.8 Å². The minimum Gasteiger partial charge on any atom is -0.463 e. The van der Waals surface area contributed by atoms with Crippen LogP contribution < -0.4 is 4.74 Å². The van der Waals surface area contributed by atoms with Crippen molar-refractivity contribution in [3.8, 4) is 6.01 Å². The largest absolute Gasteiger partial charge is 0.463 e. The van der Waals surface area contributed by atoms with E-state index < -0.39 is 0 Å². The number of carbonyl (C=O) groups excluding carboxylic acids is 1. The third-order valence-electron chi connectivity index (χ3n) is 4.51. The summed E-state index contributed by atoms with van der Waals surface area (Å²) in [5, 5.41) is 0. The maximum Gasteiger partial charge on any atom is 0.319 e. The average Bonchev–Trinajstić information content (AvgIpc) is 2.53. The topological polar surface area (TPSA) is 67.8 Å². The first-order valence-corrected chi connectivity index (χ1v) is 8.08. The van der Waals surface area contributed by atoms with Crippen LogP contribution in [-0.4, -0.2) is 71.8 Å². The van der Waals surface area contributed by atoms with Gasteiger partial charge in [0.25, 0.3) is 0 Å². The average molecular weight is 320 g/mol. The number of ether oxygens (including phenoxy) is 2. The van der Waals surface area contributed by atoms with E-state index in [2.05, 4.69) is 9.97 Å². The molecule has 126 valence electrons. The number of urea groups is 1. The van der Waals surface area contributed by atoms with E-state index in [1.165, 1.54) is 0 Å². The van der Waals surface area contributed by atoms with Gasteiger partial charge in [-0.3, -0.25) is 0 Å². The second-order valence-electron chi connectivity index (χ2n) is 6.59. The Kier molecular flexibility index (Phi) is 4.66. The quantitative estimate of drug-likeness (QED) is 0.839. The molecular formula is C16H24N4O3. The Morgan fingerprint density at radius 1 is 1.43 bits per heavy atom. The molecule has 0 saturated carbocycles. The highest BCUT2D eigenvalue weighted by atomic mass is 16.5. The van der Waals surface area contributed by atoms with Gasteiger partial charge in [-0.1, -0.05) is 0 Å². The molecule has 2 saturated heterocycles. The standard InChI is InChI=1S/C16H24N4O3/c1-19(2)15(21)20-11-16(12-20)10-13(5-9-23-16)4-8-22-14-17-6-3-7-18-14/h3,6-7,13H,4-5,8-12H2,1-2H3/t13-/m1/s1. The van der Waals surface area contributed by atoms with E-state index in [0.29, 0.717) is 31.6 Å². The first kappa shape index (κ1) is 16.0. The number of hydrogen-bond donors (Lipinski definition) is 0. The van der Waals surface area contributed by atoms with Gasteiger partial charge >= 0.3 is 12.0 Å². The lowest BCUT2D eigenvalue weighted by Gasteiger charge is -2.53. The SMILES string of the molecule is CN(C)C(=O)N1CC2(C[C@H](CCOc3ncccn3)CCO2)C1. The predicted molar refractivity (Wildman–Crippen MR) is 84.2 cm³/mol. The van der Waals surface area contributed by atoms with Crippen molar-refractivity contribution in [2.24, 2.45) is 5.92 Å². The van der Waals surface area contributed by atoms with E-state index in [1.54, 1.807) is 37.5 Å². The Morgan fingerprint density at radius 2 is 2.17 bits per heavy atom. The van der Waals surface area contributed by atoms with Crippen LogP contribution in [-0.2, 0) is 4.74 Å². The van der Waals surface area contributed by atoms with Gasteiger partial charge in [0.05, 0.1) is 19.7 Å². The van der Waals surface area contributed by atoms with E-state index in [0.717, 1.165) is 25.9 Å². The van der Waals surface area contributed by atoms with Crippen molar-refractivity contribution in [2.75, 3.05) is 40.4 Å². The second kappa shape index (κ2) is 6.70. The van der Waals surface area contributed by atoms with Crippen molar-refractivity contribution in [1.29, 1.82) is 0 Å². The fourth-order valence-electron chi connectivity index (χ4n) is 3.34. The van der Waals surface area contributed by atoms with Crippen molar-refractivity contribution in [3.05, 3.63) is 18.5 Å². The van der Waals surface area contributed by atoms with Crippen molar-refractivity contribution >= 4 is 6.03 Å². The molecule has 0 bridgehead atoms. The minimum atomic E-state index is -0.141. The lowest BCUT2D eigenvalue weighted by atomic mass is 9.79. The van der Waals surface area contributed by atoms with Gasteiger partial charge in [-0.05, 0) is 31.2 Å². The molecule has 23 heavy (non-hydrogen) atoms. The van der Waals surface area contributed by atoms with Gasteiger partial charge in [-0.2, -0.15) is 0 Å². The molecule has 2 fully saturated rings. The van der Waals surface area contributed by atoms with Crippen molar-refractivity contribution in [2.45, 2.75) is 24.9 Å². The van der Waals surface area contributed by atoms with Crippen LogP contribution in [0.4, 0.5) is 4.79 Å². The third-order valence-corrected chi connectivity index (χ3v) is 4.51. The summed E-state index contributed by atoms with van der Waals surface area (Å²) in [6.07, 6.45) is 6.35. The molecule has 0 radical (unpaired) electrons. The van der Waals surface area contributed by atoms with Crippen LogP contribution in [0.25, 0.3) is 0 Å². The lowest BCUT2D eigenvalue weighted by molar-refractivity contribution is -0.167. The van der Waals surface area contributed by atoms with Crippen LogP contribution in [0.5, 0.6) is 6.01 Å². The number of likely N-dealkylation sites (tertiary alicyclic amines) is 1. The lowest BCUT2D eigenvalue weighted by Crippen LogP contribution is -2.67. The number of aromatic nitrogens is 2. The predicted octanol–water partition coefficient (Wildman–Crippen LogP) is 1.41. The van der Waals surface area contributed by atoms with Crippen molar-refractivity contribution < 1.29 is 14.3 Å². The molecular weight excluding hydrogens is 296 g/mol. The molecule has 2 aliphatic heterocycles. The molecule has 0 aromatic carbocycles. The smallest absolute Gasteiger partial charge is 0.319 e. The highest BCUT2D eigenvalue weighted by Crippen LogP contribution is 2.38. The molecule has 1 spiro atoms. The first-order chi connectivity index (χ1) is 11.1. The summed E-state index contributed by atoms with van der Waals surface area (Å²) in [4.78, 5) is 23.5. The number of carbonyl (C=O) groups is 1. The molecule has 2 amide bonds. The van der Waals surface area contributed by atoms with E-state index in [1.807, 2.05) is 4.90 Å². The second-order valence-corrected chi connectivity index (χ2v) is 6.59. The first-order valence-electron chi connectivity index (χ1n) is 8.08. The van der Waals surface area contributed by atoms with E-state index in [-0.39, 0.29) is 11.6 Å². The van der Waals surface area contributed by atoms with Gasteiger partial charge in [-0.25, -0.2) is 14.8 Å². The summed E-state index contributed by atoms with van der Waals surface area (Å²) < 4.78 is 11.6. The Morgan fingerprint density at radius 3 is 2.87 bits per heavy atom. The van der Waals surface area contributed by atoms with Crippen LogP contribution in [0.15, 0.2) is 18.5 Å². The fourth-order valence-corrected chi connectivity index (χ4v) is 3.34. The maximum atomic E-state index is 11.9. The van der Waals surface area contributed by atoms with Crippen LogP contribution in [0.2, 0.25) is 0 Å². The molecule has 1 atom stereocenters. The molecule has 0 N–H and O–H groups in total. The number of amides is 2. The maximum absolute atomic E-state index is 11.9. The number of nitrogens with zero attached hydrogens (tertiary/aromatic N) is 4. The molecule has 3 heterocycles. The summed E-state index contributed by atoms with van der Waals surface area (Å²) >= 11 is 0. The Bertz CT molecular complexity index is 531. The van der Waals surface area contributed by atoms with E-state index in [4.69, 9.17) is 9.47 Å². The number of hydrogen-bond acceptors (Lipinski definition) is 5. The summed E-state index contributed by atoms with van der Waals surface area (Å²) in [5.74, 6) is 0.559. The van der Waals surface area contributed by atoms with Gasteiger partial charge in [0.1, 0.15) is 5.60 Å². The highest BCUT2D eigenvalue weighted by Gasteiger charge is 2.49. The molecule has 0 unspecified atom stereocenters. The zero-order chi connectivity index (χ0) is 16.3. The molecule has 7 heteroatoms. The molecule has 1 aromatic heterocycles.